The minimum atomic E-state index is -0.959. The highest BCUT2D eigenvalue weighted by Crippen LogP contribution is 2.51. The van der Waals surface area contributed by atoms with Gasteiger partial charge in [0.15, 0.2) is 0 Å². The quantitative estimate of drug-likeness (QED) is 0.795. The molecule has 0 saturated carbocycles. The van der Waals surface area contributed by atoms with E-state index in [1.54, 1.807) is 4.90 Å². The van der Waals surface area contributed by atoms with Gasteiger partial charge in [0, 0.05) is 5.92 Å². The zero-order valence-electron chi connectivity index (χ0n) is 12.3. The highest BCUT2D eigenvalue weighted by atomic mass is 16.4. The van der Waals surface area contributed by atoms with Crippen LogP contribution in [0.5, 0.6) is 0 Å². The summed E-state index contributed by atoms with van der Waals surface area (Å²) in [6, 6.07) is 0.0704. The van der Waals surface area contributed by atoms with Crippen LogP contribution in [-0.4, -0.2) is 27.9 Å². The van der Waals surface area contributed by atoms with Crippen molar-refractivity contribution in [2.75, 3.05) is 0 Å². The van der Waals surface area contributed by atoms with Crippen molar-refractivity contribution in [2.45, 2.75) is 47.1 Å². The normalized spacial score (nSPS) is 30.2. The van der Waals surface area contributed by atoms with Crippen LogP contribution < -0.4 is 0 Å². The van der Waals surface area contributed by atoms with Gasteiger partial charge in [0.1, 0.15) is 5.70 Å². The van der Waals surface area contributed by atoms with E-state index in [9.17, 15) is 14.7 Å². The van der Waals surface area contributed by atoms with E-state index >= 15 is 0 Å². The van der Waals surface area contributed by atoms with E-state index in [0.717, 1.165) is 12.0 Å². The average Bonchev–Trinajstić information content (AvgIpc) is 2.61. The van der Waals surface area contributed by atoms with Gasteiger partial charge in [0.2, 0.25) is 5.91 Å². The van der Waals surface area contributed by atoms with Crippen molar-refractivity contribution < 1.29 is 14.7 Å². The fraction of sp³-hybridized carbons (Fsp3) is 0.733. The molecule has 1 amide bonds. The zero-order chi connectivity index (χ0) is 14.5. The predicted octanol–water partition coefficient (Wildman–Crippen LogP) is 2.50. The number of amides is 1. The Morgan fingerprint density at radius 3 is 2.26 bits per heavy atom. The molecule has 4 heteroatoms. The van der Waals surface area contributed by atoms with Crippen LogP contribution in [0.3, 0.4) is 0 Å². The molecule has 0 aliphatic carbocycles. The number of hydrogen-bond acceptors (Lipinski definition) is 2. The second kappa shape index (κ2) is 4.66. The number of carboxylic acid groups (broad SMARTS) is 1. The molecule has 1 fully saturated rings. The number of carbonyl (C=O) groups excluding carboxylic acids is 1. The first-order valence-corrected chi connectivity index (χ1v) is 7.13. The van der Waals surface area contributed by atoms with Crippen LogP contribution in [0, 0.1) is 23.7 Å². The molecule has 19 heavy (non-hydrogen) atoms. The van der Waals surface area contributed by atoms with Gasteiger partial charge in [-0.15, -0.1) is 0 Å². The average molecular weight is 265 g/mol. The van der Waals surface area contributed by atoms with E-state index in [4.69, 9.17) is 0 Å². The molecule has 0 aromatic carbocycles. The molecular weight excluding hydrogens is 242 g/mol. The van der Waals surface area contributed by atoms with Gasteiger partial charge in [0.25, 0.3) is 0 Å². The van der Waals surface area contributed by atoms with Crippen molar-refractivity contribution >= 4 is 11.9 Å². The van der Waals surface area contributed by atoms with E-state index < -0.39 is 5.97 Å². The second-order valence-electron chi connectivity index (χ2n) is 6.25. The van der Waals surface area contributed by atoms with Crippen LogP contribution in [-0.2, 0) is 9.59 Å². The van der Waals surface area contributed by atoms with E-state index in [1.807, 2.05) is 20.8 Å². The number of rotatable bonds is 4. The summed E-state index contributed by atoms with van der Waals surface area (Å²) in [6.45, 7) is 10.3. The fourth-order valence-corrected chi connectivity index (χ4v) is 3.77. The smallest absolute Gasteiger partial charge is 0.352 e. The number of carbonyl (C=O) groups is 2. The molecule has 2 unspecified atom stereocenters. The van der Waals surface area contributed by atoms with Gasteiger partial charge in [-0.3, -0.25) is 4.79 Å². The summed E-state index contributed by atoms with van der Waals surface area (Å²) < 4.78 is 0. The molecule has 0 aromatic rings. The van der Waals surface area contributed by atoms with Crippen LogP contribution in [0.2, 0.25) is 0 Å². The molecule has 0 spiro atoms. The Balaban J connectivity index is 2.52. The van der Waals surface area contributed by atoms with Gasteiger partial charge in [-0.05, 0) is 23.8 Å². The van der Waals surface area contributed by atoms with Gasteiger partial charge >= 0.3 is 5.97 Å². The topological polar surface area (TPSA) is 57.6 Å². The SMILES string of the molecule is CCC1C(=O)N2C(C(=O)O)=C(C(C)C)C(C(C)C)[C@H]12. The summed E-state index contributed by atoms with van der Waals surface area (Å²) in [7, 11) is 0. The third kappa shape index (κ3) is 1.80. The summed E-state index contributed by atoms with van der Waals surface area (Å²) in [4.78, 5) is 25.3. The summed E-state index contributed by atoms with van der Waals surface area (Å²) in [5, 5.41) is 9.48. The van der Waals surface area contributed by atoms with Gasteiger partial charge < -0.3 is 10.0 Å². The molecule has 106 valence electrons. The third-order valence-corrected chi connectivity index (χ3v) is 4.49. The minimum Gasteiger partial charge on any atom is -0.477 e. The molecular formula is C15H23NO3. The first kappa shape index (κ1) is 14.1. The van der Waals surface area contributed by atoms with Crippen LogP contribution in [0.15, 0.2) is 11.3 Å². The van der Waals surface area contributed by atoms with Gasteiger partial charge in [-0.25, -0.2) is 4.79 Å². The van der Waals surface area contributed by atoms with E-state index in [0.29, 0.717) is 5.92 Å². The molecule has 4 nitrogen and oxygen atoms in total. The molecule has 2 aliphatic heterocycles. The van der Waals surface area contributed by atoms with Crippen molar-refractivity contribution in [3.05, 3.63) is 11.3 Å². The summed E-state index contributed by atoms with van der Waals surface area (Å²) in [5.41, 5.74) is 1.21. The molecule has 2 aliphatic rings. The minimum absolute atomic E-state index is 0.00185. The summed E-state index contributed by atoms with van der Waals surface area (Å²) >= 11 is 0. The number of aliphatic carboxylic acids is 1. The van der Waals surface area contributed by atoms with Crippen molar-refractivity contribution in [3.8, 4) is 0 Å². The Hall–Kier alpha value is -1.32. The third-order valence-electron chi connectivity index (χ3n) is 4.49. The molecule has 3 atom stereocenters. The maximum absolute atomic E-state index is 12.2. The molecule has 1 N–H and O–H groups in total. The molecule has 1 saturated heterocycles. The largest absolute Gasteiger partial charge is 0.477 e. The Morgan fingerprint density at radius 1 is 1.32 bits per heavy atom. The predicted molar refractivity (Wildman–Crippen MR) is 72.2 cm³/mol. The fourth-order valence-electron chi connectivity index (χ4n) is 3.77. The first-order chi connectivity index (χ1) is 8.82. The lowest BCUT2D eigenvalue weighted by Crippen LogP contribution is -2.61. The second-order valence-corrected chi connectivity index (χ2v) is 6.25. The first-order valence-electron chi connectivity index (χ1n) is 7.13. The summed E-state index contributed by atoms with van der Waals surface area (Å²) in [6.07, 6.45) is 0.793. The zero-order valence-corrected chi connectivity index (χ0v) is 12.3. The standard InChI is InChI=1S/C15H23NO3/c1-6-9-12-10(7(2)3)11(8(4)5)13(15(18)19)16(12)14(9)17/h7-10,12H,6H2,1-5H3,(H,18,19)/t9?,10?,12-/m0/s1. The lowest BCUT2D eigenvalue weighted by molar-refractivity contribution is -0.157. The number of β-lactam (4-membered cyclic amide) rings is 1. The number of nitrogens with zero attached hydrogens (tertiary/aromatic N) is 1. The van der Waals surface area contributed by atoms with E-state index in [1.165, 1.54) is 0 Å². The van der Waals surface area contributed by atoms with E-state index in [2.05, 4.69) is 13.8 Å². The van der Waals surface area contributed by atoms with Crippen LogP contribution in [0.4, 0.5) is 0 Å². The monoisotopic (exact) mass is 265 g/mol. The highest BCUT2D eigenvalue weighted by Gasteiger charge is 2.59. The van der Waals surface area contributed by atoms with Gasteiger partial charge in [0.05, 0.1) is 12.0 Å². The lowest BCUT2D eigenvalue weighted by Gasteiger charge is -2.46. The van der Waals surface area contributed by atoms with Crippen LogP contribution in [0.25, 0.3) is 0 Å². The summed E-state index contributed by atoms with van der Waals surface area (Å²) in [5.74, 6) is -0.268. The maximum Gasteiger partial charge on any atom is 0.352 e. The molecule has 0 aromatic heterocycles. The van der Waals surface area contributed by atoms with Crippen molar-refractivity contribution in [1.29, 1.82) is 0 Å². The molecule has 2 heterocycles. The number of hydrogen-bond donors (Lipinski definition) is 1. The van der Waals surface area contributed by atoms with Crippen molar-refractivity contribution in [2.24, 2.45) is 23.7 Å². The molecule has 0 bridgehead atoms. The number of carboxylic acids is 1. The Bertz CT molecular complexity index is 450. The van der Waals surface area contributed by atoms with Gasteiger partial charge in [-0.2, -0.15) is 0 Å². The number of fused-ring (bicyclic) bond motifs is 1. The maximum atomic E-state index is 12.2. The van der Waals surface area contributed by atoms with Gasteiger partial charge in [-0.1, -0.05) is 34.6 Å². The van der Waals surface area contributed by atoms with Crippen LogP contribution >= 0.6 is 0 Å². The van der Waals surface area contributed by atoms with Crippen molar-refractivity contribution in [1.82, 2.24) is 4.90 Å². The van der Waals surface area contributed by atoms with Crippen LogP contribution in [0.1, 0.15) is 41.0 Å². The van der Waals surface area contributed by atoms with Crippen molar-refractivity contribution in [3.63, 3.8) is 0 Å². The Kier molecular flexibility index (Phi) is 3.45. The Morgan fingerprint density at radius 2 is 1.89 bits per heavy atom. The molecule has 2 rings (SSSR count). The lowest BCUT2D eigenvalue weighted by atomic mass is 9.72. The highest BCUT2D eigenvalue weighted by molar-refractivity contribution is 5.99. The Labute approximate surface area is 114 Å². The molecule has 0 radical (unpaired) electrons. The van der Waals surface area contributed by atoms with E-state index in [-0.39, 0.29) is 35.4 Å².